The number of azo groups is 2. The van der Waals surface area contributed by atoms with Crippen molar-refractivity contribution in [2.75, 3.05) is 5.32 Å². The van der Waals surface area contributed by atoms with Crippen molar-refractivity contribution in [1.29, 1.82) is 0 Å². The minimum absolute atomic E-state index is 0. The average molecular weight is 830 g/mol. The normalized spacial score (nSPS) is 11.6. The first kappa shape index (κ1) is 41.5. The molecule has 0 spiro atoms. The maximum Gasteiger partial charge on any atom is 3.00 e. The van der Waals surface area contributed by atoms with Crippen molar-refractivity contribution in [3.8, 4) is 22.9 Å². The molecule has 1 aromatic heterocycles. The van der Waals surface area contributed by atoms with E-state index in [4.69, 9.17) is 10.3 Å². The molecule has 0 radical (unpaired) electrons. The Labute approximate surface area is 324 Å². The van der Waals surface area contributed by atoms with Crippen molar-refractivity contribution in [1.82, 2.24) is 9.78 Å². The Kier molecular flexibility index (Phi) is 12.7. The molecule has 1 heterocycles. The fourth-order valence-corrected chi connectivity index (χ4v) is 5.87. The monoisotopic (exact) mass is 829 g/mol. The van der Waals surface area contributed by atoms with Gasteiger partial charge in [-0.1, -0.05) is 78.8 Å². The number of nitrogens with two attached hydrogens (primary N) is 2. The maximum atomic E-state index is 12.5. The number of para-hydroxylation sites is 1. The van der Waals surface area contributed by atoms with Crippen LogP contribution in [0.5, 0.6) is 17.2 Å². The molecule has 0 saturated carbocycles. The Morgan fingerprint density at radius 1 is 0.727 bits per heavy atom. The SMILES string of the molecule is CC(=O)Nc1cccc2ccc([O-])c(N=Nc3cc(S(N)(=O)=O)ccc3[O-])c12.Cc1[n-]n(-c2ccccc2)c(=O)c1N=Nc1cc(S(N)(=O)=O)ccc1[O-].[Co+3].[H+]. The number of sulfonamides is 2. The summed E-state index contributed by atoms with van der Waals surface area (Å²) in [5, 5.41) is 69.1. The van der Waals surface area contributed by atoms with Crippen LogP contribution in [-0.2, 0) is 41.6 Å². The molecular formula is C34H28CoN9O9S2. The number of rotatable bonds is 8. The molecule has 0 unspecified atom stereocenters. The summed E-state index contributed by atoms with van der Waals surface area (Å²) in [5.41, 5.74) is 0.0458. The van der Waals surface area contributed by atoms with E-state index in [1.165, 1.54) is 17.7 Å². The first-order chi connectivity index (χ1) is 25.4. The zero-order chi connectivity index (χ0) is 39.4. The number of hydrogen-bond donors (Lipinski definition) is 3. The topological polar surface area (TPSA) is 304 Å². The standard InChI is InChI=1S/C18H16N4O5S.C16H15N5O4S.Co/c1-10(23)20-13-4-2-3-11-5-7-16(25)18(17(11)13)22-21-14-9-12(28(19,26)27)6-8-15(14)24;1-10-15(16(23)21(20-10)11-5-3-2-4-6-11)19-18-13-9-12(26(17,24)25)7-8-14(13)22;/h2-9,24-25H,1H3,(H,20,23)(H2,19,26,27);2-9H,1H3,(H4,17,18,19,20,22,23,24,25);/q;;+3/p-3. The van der Waals surface area contributed by atoms with Gasteiger partial charge < -0.3 is 30.4 Å². The van der Waals surface area contributed by atoms with Crippen LogP contribution in [0.1, 0.15) is 14.0 Å². The number of hydrogen-bond acceptors (Lipinski definition) is 13. The van der Waals surface area contributed by atoms with Crippen LogP contribution in [0.25, 0.3) is 16.5 Å². The Balaban J connectivity index is 0.000000291. The zero-order valence-electron chi connectivity index (χ0n) is 29.4. The zero-order valence-corrected chi connectivity index (χ0v) is 31.1. The second-order valence-electron chi connectivity index (χ2n) is 11.2. The number of nitrogens with zero attached hydrogens (tertiary/aromatic N) is 6. The molecule has 18 nitrogen and oxygen atoms in total. The fraction of sp³-hybridized carbons (Fsp3) is 0.0588. The summed E-state index contributed by atoms with van der Waals surface area (Å²) >= 11 is 0. The van der Waals surface area contributed by atoms with Crippen molar-refractivity contribution < 1.29 is 55.2 Å². The van der Waals surface area contributed by atoms with Gasteiger partial charge in [-0.05, 0) is 47.9 Å². The van der Waals surface area contributed by atoms with E-state index in [9.17, 15) is 41.7 Å². The van der Waals surface area contributed by atoms with Crippen molar-refractivity contribution in [2.24, 2.45) is 30.7 Å². The molecule has 6 aromatic rings. The minimum Gasteiger partial charge on any atom is -0.871 e. The molecule has 284 valence electrons. The molecule has 0 bridgehead atoms. The largest absolute Gasteiger partial charge is 3.00 e. The molecular weight excluding hydrogens is 801 g/mol. The van der Waals surface area contributed by atoms with E-state index in [-0.39, 0.29) is 56.7 Å². The molecule has 0 saturated heterocycles. The van der Waals surface area contributed by atoms with Crippen molar-refractivity contribution >= 4 is 65.2 Å². The van der Waals surface area contributed by atoms with E-state index in [1.807, 2.05) is 0 Å². The molecule has 0 aliphatic rings. The summed E-state index contributed by atoms with van der Waals surface area (Å²) < 4.78 is 46.8. The molecule has 0 aliphatic heterocycles. The van der Waals surface area contributed by atoms with Crippen LogP contribution in [0, 0.1) is 6.92 Å². The van der Waals surface area contributed by atoms with Crippen LogP contribution in [0.4, 0.5) is 28.4 Å². The van der Waals surface area contributed by atoms with E-state index in [2.05, 4.69) is 30.9 Å². The van der Waals surface area contributed by atoms with E-state index in [0.717, 1.165) is 36.4 Å². The number of anilines is 1. The minimum atomic E-state index is -4.04. The van der Waals surface area contributed by atoms with Gasteiger partial charge in [-0.2, -0.15) is 15.3 Å². The summed E-state index contributed by atoms with van der Waals surface area (Å²) in [4.78, 5) is 23.4. The van der Waals surface area contributed by atoms with Crippen molar-refractivity contribution in [3.63, 3.8) is 0 Å². The molecule has 1 amide bonds. The number of nitrogens with one attached hydrogen (secondary N) is 1. The van der Waals surface area contributed by atoms with Gasteiger partial charge in [-0.25, -0.2) is 27.1 Å². The molecule has 6 rings (SSSR count). The Morgan fingerprint density at radius 3 is 1.78 bits per heavy atom. The third-order valence-electron chi connectivity index (χ3n) is 7.31. The number of primary sulfonamides is 2. The van der Waals surface area contributed by atoms with Crippen LogP contribution in [0.15, 0.2) is 132 Å². The number of carbonyl (C=O) groups is 1. The van der Waals surface area contributed by atoms with Crippen LogP contribution < -0.4 is 41.6 Å². The van der Waals surface area contributed by atoms with Gasteiger partial charge in [0, 0.05) is 18.0 Å². The van der Waals surface area contributed by atoms with Gasteiger partial charge in [-0.15, -0.1) is 10.8 Å². The number of amides is 1. The van der Waals surface area contributed by atoms with Gasteiger partial charge in [0.1, 0.15) is 5.69 Å². The third kappa shape index (κ3) is 9.85. The molecule has 0 fully saturated rings. The first-order valence-electron chi connectivity index (χ1n) is 15.3. The molecule has 5 N–H and O–H groups in total. The Bertz CT molecular complexity index is 2760. The third-order valence-corrected chi connectivity index (χ3v) is 9.14. The summed E-state index contributed by atoms with van der Waals surface area (Å²) in [6, 6.07) is 22.8. The smallest absolute Gasteiger partial charge is 0.871 e. The van der Waals surface area contributed by atoms with Gasteiger partial charge >= 0.3 is 18.2 Å². The average Bonchev–Trinajstić information content (AvgIpc) is 3.39. The summed E-state index contributed by atoms with van der Waals surface area (Å²) in [7, 11) is -8.03. The summed E-state index contributed by atoms with van der Waals surface area (Å²) in [5.74, 6) is -1.97. The van der Waals surface area contributed by atoms with Gasteiger partial charge in [0.2, 0.25) is 26.0 Å². The quantitative estimate of drug-likeness (QED) is 0.188. The Hall–Kier alpha value is -6.23. The predicted molar refractivity (Wildman–Crippen MR) is 192 cm³/mol. The second-order valence-corrected chi connectivity index (χ2v) is 14.4. The first-order valence-corrected chi connectivity index (χ1v) is 18.4. The van der Waals surface area contributed by atoms with E-state index < -0.39 is 42.9 Å². The molecule has 55 heavy (non-hydrogen) atoms. The Morgan fingerprint density at radius 2 is 1.25 bits per heavy atom. The maximum absolute atomic E-state index is 12.5. The number of fused-ring (bicyclic) bond motifs is 1. The van der Waals surface area contributed by atoms with Crippen molar-refractivity contribution in [3.05, 3.63) is 113 Å². The van der Waals surface area contributed by atoms with Crippen LogP contribution >= 0.6 is 0 Å². The number of aromatic nitrogens is 2. The van der Waals surface area contributed by atoms with Crippen LogP contribution in [0.3, 0.4) is 0 Å². The second kappa shape index (κ2) is 16.8. The summed E-state index contributed by atoms with van der Waals surface area (Å²) in [6.45, 7) is 2.90. The van der Waals surface area contributed by atoms with Gasteiger partial charge in [-0.3, -0.25) is 9.59 Å². The van der Waals surface area contributed by atoms with Crippen LogP contribution in [-0.4, -0.2) is 27.4 Å². The molecule has 0 aliphatic carbocycles. The summed E-state index contributed by atoms with van der Waals surface area (Å²) in [6.07, 6.45) is 0. The van der Waals surface area contributed by atoms with E-state index >= 15 is 0 Å². The van der Waals surface area contributed by atoms with E-state index in [1.54, 1.807) is 61.5 Å². The molecule has 0 atom stereocenters. The van der Waals surface area contributed by atoms with Gasteiger partial charge in [0.05, 0.1) is 32.5 Å². The molecule has 21 heteroatoms. The number of carbonyl (C=O) groups excluding carboxylic acids is 1. The number of benzene rings is 5. The predicted octanol–water partition coefficient (Wildman–Crippen LogP) is 3.36. The van der Waals surface area contributed by atoms with Gasteiger partial charge in [0.25, 0.3) is 5.56 Å². The number of aryl methyl sites for hydroxylation is 1. The van der Waals surface area contributed by atoms with E-state index in [0.29, 0.717) is 27.8 Å². The van der Waals surface area contributed by atoms with Gasteiger partial charge in [0.15, 0.2) is 0 Å². The van der Waals surface area contributed by atoms with Crippen molar-refractivity contribution in [2.45, 2.75) is 23.6 Å². The molecule has 5 aromatic carbocycles. The van der Waals surface area contributed by atoms with Crippen LogP contribution in [0.2, 0.25) is 0 Å². The fourth-order valence-electron chi connectivity index (χ4n) is 4.80.